The maximum absolute atomic E-state index is 8.60. The van der Waals surface area contributed by atoms with E-state index in [0.717, 1.165) is 16.5 Å². The number of hydrogen-bond acceptors (Lipinski definition) is 2. The van der Waals surface area contributed by atoms with Crippen molar-refractivity contribution in [2.75, 3.05) is 0 Å². The molecule has 0 amide bonds. The quantitative estimate of drug-likeness (QED) is 0.125. The molecule has 7 aromatic carbocycles. The van der Waals surface area contributed by atoms with Crippen LogP contribution in [0, 0.1) is 5.41 Å². The number of aliphatic imine (C=N–C) groups is 2. The Bertz CT molecular complexity index is 2430. The molecule has 0 aliphatic carbocycles. The fraction of sp³-hybridized carbons (Fsp3) is 0. The Morgan fingerprint density at radius 3 is 2.02 bits per heavy atom. The number of benzene rings is 7. The Kier molecular flexibility index (Phi) is 5.95. The van der Waals surface area contributed by atoms with E-state index < -0.39 is 0 Å². The van der Waals surface area contributed by atoms with Crippen LogP contribution in [0.25, 0.3) is 63.6 Å². The van der Waals surface area contributed by atoms with Gasteiger partial charge < -0.3 is 0 Å². The Morgan fingerprint density at radius 1 is 0.535 bits per heavy atom. The average molecular weight is 568 g/mol. The second kappa shape index (κ2) is 10.1. The van der Waals surface area contributed by atoms with Crippen LogP contribution in [0.5, 0.6) is 0 Å². The summed E-state index contributed by atoms with van der Waals surface area (Å²) in [4.78, 5) is 8.87. The molecule has 8 aromatic rings. The molecule has 202 valence electrons. The van der Waals surface area contributed by atoms with E-state index in [1.807, 2.05) is 47.7 Å². The van der Waals surface area contributed by atoms with Crippen molar-refractivity contribution in [1.82, 2.24) is 0 Å². The van der Waals surface area contributed by atoms with Crippen molar-refractivity contribution in [3.05, 3.63) is 145 Å². The lowest BCUT2D eigenvalue weighted by atomic mass is 9.88. The van der Waals surface area contributed by atoms with Gasteiger partial charge in [-0.15, -0.1) is 11.3 Å². The molecule has 0 radical (unpaired) electrons. The number of fused-ring (bicyclic) bond motifs is 9. The zero-order valence-electron chi connectivity index (χ0n) is 23.2. The third-order valence-corrected chi connectivity index (χ3v) is 9.37. The van der Waals surface area contributed by atoms with Crippen LogP contribution in [0.2, 0.25) is 0 Å². The molecule has 43 heavy (non-hydrogen) atoms. The SMILES string of the molecule is C=NC(=NC(=N)c1ccccc1)c1ccc2c3ccccc3c3cccc(-c4ccc5sc6ccccc6c5c4)c3c2c1. The van der Waals surface area contributed by atoms with Crippen LogP contribution in [0.1, 0.15) is 11.1 Å². The van der Waals surface area contributed by atoms with Gasteiger partial charge in [-0.05, 0) is 74.4 Å². The van der Waals surface area contributed by atoms with Crippen LogP contribution < -0.4 is 0 Å². The van der Waals surface area contributed by atoms with Gasteiger partial charge in [0.2, 0.25) is 0 Å². The first-order valence-corrected chi connectivity index (χ1v) is 15.0. The van der Waals surface area contributed by atoms with Gasteiger partial charge in [0.05, 0.1) is 0 Å². The summed E-state index contributed by atoms with van der Waals surface area (Å²) in [6.45, 7) is 3.81. The second-order valence-corrected chi connectivity index (χ2v) is 11.7. The standard InChI is InChI=1S/C39H25N3S/c1-41-39(42-38(40)24-10-3-2-4-11-24)26-18-20-30-28-12-5-6-13-29(28)32-16-9-15-27(37(32)34(30)23-26)25-19-21-36-33(22-25)31-14-7-8-17-35(31)43-36/h2-23,40H,1H2. The Morgan fingerprint density at radius 2 is 1.21 bits per heavy atom. The fourth-order valence-electron chi connectivity index (χ4n) is 6.24. The van der Waals surface area contributed by atoms with E-state index >= 15 is 0 Å². The predicted molar refractivity (Wildman–Crippen MR) is 187 cm³/mol. The van der Waals surface area contributed by atoms with Crippen molar-refractivity contribution >= 4 is 82.2 Å². The van der Waals surface area contributed by atoms with Crippen LogP contribution in [0.4, 0.5) is 0 Å². The van der Waals surface area contributed by atoms with Crippen LogP contribution >= 0.6 is 11.3 Å². The van der Waals surface area contributed by atoms with Crippen molar-refractivity contribution in [1.29, 1.82) is 5.41 Å². The van der Waals surface area contributed by atoms with Crippen molar-refractivity contribution in [3.63, 3.8) is 0 Å². The molecule has 1 heterocycles. The van der Waals surface area contributed by atoms with Crippen LogP contribution in [-0.2, 0) is 0 Å². The van der Waals surface area contributed by atoms with Crippen molar-refractivity contribution in [2.24, 2.45) is 9.98 Å². The molecule has 0 aliphatic rings. The molecule has 0 saturated carbocycles. The molecular weight excluding hydrogens is 543 g/mol. The van der Waals surface area contributed by atoms with Crippen molar-refractivity contribution in [3.8, 4) is 11.1 Å². The van der Waals surface area contributed by atoms with E-state index in [2.05, 4.69) is 114 Å². The summed E-state index contributed by atoms with van der Waals surface area (Å²) < 4.78 is 2.60. The van der Waals surface area contributed by atoms with Gasteiger partial charge >= 0.3 is 0 Å². The summed E-state index contributed by atoms with van der Waals surface area (Å²) in [5, 5.41) is 18.3. The third kappa shape index (κ3) is 4.15. The van der Waals surface area contributed by atoms with Crippen LogP contribution in [-0.4, -0.2) is 18.4 Å². The maximum atomic E-state index is 8.60. The van der Waals surface area contributed by atoms with Crippen LogP contribution in [0.15, 0.2) is 143 Å². The molecule has 8 rings (SSSR count). The van der Waals surface area contributed by atoms with E-state index in [1.54, 1.807) is 0 Å². The molecule has 3 nitrogen and oxygen atoms in total. The van der Waals surface area contributed by atoms with Gasteiger partial charge in [-0.1, -0.05) is 109 Å². The third-order valence-electron chi connectivity index (χ3n) is 8.22. The highest BCUT2D eigenvalue weighted by Crippen LogP contribution is 2.42. The minimum atomic E-state index is 0.156. The molecule has 0 saturated heterocycles. The molecule has 0 aliphatic heterocycles. The Labute approximate surface area is 252 Å². The second-order valence-electron chi connectivity index (χ2n) is 10.7. The number of amidine groups is 2. The molecule has 0 unspecified atom stereocenters. The van der Waals surface area contributed by atoms with Gasteiger partial charge in [0.15, 0.2) is 11.7 Å². The average Bonchev–Trinajstić information content (AvgIpc) is 3.45. The number of hydrogen-bond donors (Lipinski definition) is 1. The maximum Gasteiger partial charge on any atom is 0.161 e. The molecule has 4 heteroatoms. The summed E-state index contributed by atoms with van der Waals surface area (Å²) in [7, 11) is 0. The highest BCUT2D eigenvalue weighted by molar-refractivity contribution is 7.25. The van der Waals surface area contributed by atoms with Crippen molar-refractivity contribution in [2.45, 2.75) is 0 Å². The van der Waals surface area contributed by atoms with E-state index in [0.29, 0.717) is 5.84 Å². The largest absolute Gasteiger partial charge is 0.282 e. The van der Waals surface area contributed by atoms with Gasteiger partial charge in [0.25, 0.3) is 0 Å². The van der Waals surface area contributed by atoms with Crippen LogP contribution in [0.3, 0.4) is 0 Å². The molecule has 1 aromatic heterocycles. The fourth-order valence-corrected chi connectivity index (χ4v) is 7.32. The van der Waals surface area contributed by atoms with E-state index in [9.17, 15) is 0 Å². The number of nitrogens with one attached hydrogen (secondary N) is 1. The summed E-state index contributed by atoms with van der Waals surface area (Å²) in [5.74, 6) is 0.587. The van der Waals surface area contributed by atoms with Crippen molar-refractivity contribution < 1.29 is 0 Å². The van der Waals surface area contributed by atoms with Gasteiger partial charge in [-0.2, -0.15) is 0 Å². The zero-order valence-corrected chi connectivity index (χ0v) is 24.0. The van der Waals surface area contributed by atoms with E-state index in [4.69, 9.17) is 5.41 Å². The number of rotatable bonds is 3. The molecule has 0 fully saturated rings. The van der Waals surface area contributed by atoms with Gasteiger partial charge in [-0.25, -0.2) is 9.98 Å². The summed E-state index contributed by atoms with van der Waals surface area (Å²) in [6, 6.07) is 46.6. The predicted octanol–water partition coefficient (Wildman–Crippen LogP) is 10.7. The monoisotopic (exact) mass is 567 g/mol. The summed E-state index contributed by atoms with van der Waals surface area (Å²) in [5.41, 5.74) is 3.93. The normalized spacial score (nSPS) is 12.0. The highest BCUT2D eigenvalue weighted by atomic mass is 32.1. The molecule has 1 N–H and O–H groups in total. The zero-order chi connectivity index (χ0) is 28.9. The minimum Gasteiger partial charge on any atom is -0.282 e. The molecule has 0 bridgehead atoms. The first-order chi connectivity index (χ1) is 21.2. The molecular formula is C39H25N3S. The molecule has 0 atom stereocenters. The Hall–Kier alpha value is -5.45. The lowest BCUT2D eigenvalue weighted by molar-refractivity contribution is 1.40. The first kappa shape index (κ1) is 25.3. The minimum absolute atomic E-state index is 0.156. The number of nitrogens with zero attached hydrogens (tertiary/aromatic N) is 2. The highest BCUT2D eigenvalue weighted by Gasteiger charge is 2.16. The molecule has 0 spiro atoms. The lowest BCUT2D eigenvalue weighted by Crippen LogP contribution is -2.03. The van der Waals surface area contributed by atoms with E-state index in [-0.39, 0.29) is 5.84 Å². The number of thiophene rings is 1. The Balaban J connectivity index is 1.41. The van der Waals surface area contributed by atoms with E-state index in [1.165, 1.54) is 58.2 Å². The smallest absolute Gasteiger partial charge is 0.161 e. The summed E-state index contributed by atoms with van der Waals surface area (Å²) >= 11 is 1.84. The van der Waals surface area contributed by atoms with Gasteiger partial charge in [-0.3, -0.25) is 5.41 Å². The summed E-state index contributed by atoms with van der Waals surface area (Å²) in [6.07, 6.45) is 0. The lowest BCUT2D eigenvalue weighted by Gasteiger charge is -2.15. The first-order valence-electron chi connectivity index (χ1n) is 14.2. The van der Waals surface area contributed by atoms with Gasteiger partial charge in [0, 0.05) is 31.3 Å². The van der Waals surface area contributed by atoms with Gasteiger partial charge in [0.1, 0.15) is 0 Å². The topological polar surface area (TPSA) is 48.6 Å².